The molecule has 2 heterocycles. The third-order valence-electron chi connectivity index (χ3n) is 5.42. The Balaban J connectivity index is 1.38. The van der Waals surface area contributed by atoms with Gasteiger partial charge in [0.15, 0.2) is 0 Å². The molecular weight excluding hydrogens is 390 g/mol. The highest BCUT2D eigenvalue weighted by molar-refractivity contribution is 6.33. The molecule has 1 saturated heterocycles. The average Bonchev–Trinajstić information content (AvgIpc) is 2.74. The predicted octanol–water partition coefficient (Wildman–Crippen LogP) is 4.40. The minimum Gasteiger partial charge on any atom is -0.487 e. The Morgan fingerprint density at radius 2 is 1.76 bits per heavy atom. The van der Waals surface area contributed by atoms with E-state index in [4.69, 9.17) is 16.3 Å². The summed E-state index contributed by atoms with van der Waals surface area (Å²) in [6.45, 7) is 3.57. The number of amides is 3. The van der Waals surface area contributed by atoms with Crippen molar-refractivity contribution in [2.75, 3.05) is 29.9 Å². The number of nitrogens with one attached hydrogen (secondary N) is 1. The fourth-order valence-electron chi connectivity index (χ4n) is 3.87. The lowest BCUT2D eigenvalue weighted by Crippen LogP contribution is -2.51. The van der Waals surface area contributed by atoms with Crippen LogP contribution >= 0.6 is 11.6 Å². The molecule has 4 rings (SSSR count). The van der Waals surface area contributed by atoms with E-state index in [0.717, 1.165) is 11.4 Å². The van der Waals surface area contributed by atoms with E-state index >= 15 is 0 Å². The minimum absolute atomic E-state index is 0.0300. The summed E-state index contributed by atoms with van der Waals surface area (Å²) < 4.78 is 5.84. The number of anilines is 2. The van der Waals surface area contributed by atoms with Gasteiger partial charge in [0.25, 0.3) is 0 Å². The summed E-state index contributed by atoms with van der Waals surface area (Å²) in [7, 11) is 0. The van der Waals surface area contributed by atoms with Crippen molar-refractivity contribution in [3.8, 4) is 5.75 Å². The lowest BCUT2D eigenvalue weighted by atomic mass is 9.96. The molecule has 1 N–H and O–H groups in total. The molecule has 1 fully saturated rings. The number of hydrogen-bond acceptors (Lipinski definition) is 3. The molecule has 29 heavy (non-hydrogen) atoms. The van der Waals surface area contributed by atoms with Crippen LogP contribution in [0.1, 0.15) is 19.8 Å². The number of hydrogen-bond donors (Lipinski definition) is 1. The summed E-state index contributed by atoms with van der Waals surface area (Å²) in [6.07, 6.45) is 1.19. The van der Waals surface area contributed by atoms with Crippen LogP contribution in [-0.2, 0) is 4.79 Å². The van der Waals surface area contributed by atoms with E-state index in [0.29, 0.717) is 43.2 Å². The number of piperidine rings is 1. The number of halogens is 1. The summed E-state index contributed by atoms with van der Waals surface area (Å²) in [4.78, 5) is 29.4. The Bertz CT molecular complexity index is 912. The van der Waals surface area contributed by atoms with Gasteiger partial charge in [0.05, 0.1) is 22.9 Å². The standard InChI is InChI=1S/C22H24ClN3O3/c1-15-14-26(19-8-4-5-9-20(19)29-15)22(28)25-12-10-16(11-13-25)21(27)24-18-7-3-2-6-17(18)23/h2-9,15-16H,10-14H2,1H3,(H,24,27)/t15-/m1/s1. The number of likely N-dealkylation sites (tertiary alicyclic amines) is 1. The number of para-hydroxylation sites is 3. The van der Waals surface area contributed by atoms with Gasteiger partial charge in [-0.2, -0.15) is 0 Å². The smallest absolute Gasteiger partial charge is 0.324 e. The number of urea groups is 1. The maximum Gasteiger partial charge on any atom is 0.324 e. The summed E-state index contributed by atoms with van der Waals surface area (Å²) in [5.74, 6) is 0.551. The molecule has 2 aromatic rings. The number of benzene rings is 2. The van der Waals surface area contributed by atoms with Crippen LogP contribution in [0.5, 0.6) is 5.75 Å². The number of ether oxygens (including phenoxy) is 1. The zero-order chi connectivity index (χ0) is 20.4. The molecule has 0 spiro atoms. The second-order valence-electron chi connectivity index (χ2n) is 7.52. The van der Waals surface area contributed by atoms with Gasteiger partial charge < -0.3 is 15.0 Å². The molecule has 0 unspecified atom stereocenters. The van der Waals surface area contributed by atoms with Crippen LogP contribution in [0.2, 0.25) is 5.02 Å². The van der Waals surface area contributed by atoms with Gasteiger partial charge in [0.2, 0.25) is 5.91 Å². The van der Waals surface area contributed by atoms with Crippen LogP contribution in [0, 0.1) is 5.92 Å². The second kappa shape index (κ2) is 8.33. The molecular formula is C22H24ClN3O3. The molecule has 2 aliphatic rings. The van der Waals surface area contributed by atoms with Gasteiger partial charge >= 0.3 is 6.03 Å². The Labute approximate surface area is 175 Å². The minimum atomic E-state index is -0.133. The fourth-order valence-corrected chi connectivity index (χ4v) is 4.05. The van der Waals surface area contributed by atoms with E-state index in [1.807, 2.05) is 48.2 Å². The highest BCUT2D eigenvalue weighted by atomic mass is 35.5. The van der Waals surface area contributed by atoms with Gasteiger partial charge in [-0.3, -0.25) is 9.69 Å². The number of rotatable bonds is 2. The van der Waals surface area contributed by atoms with Gasteiger partial charge in [-0.25, -0.2) is 4.79 Å². The van der Waals surface area contributed by atoms with Crippen molar-refractivity contribution in [3.63, 3.8) is 0 Å². The van der Waals surface area contributed by atoms with Gasteiger partial charge in [0.1, 0.15) is 11.9 Å². The fraction of sp³-hybridized carbons (Fsp3) is 0.364. The van der Waals surface area contributed by atoms with Gasteiger partial charge in [-0.1, -0.05) is 35.9 Å². The number of fused-ring (bicyclic) bond motifs is 1. The Hall–Kier alpha value is -2.73. The van der Waals surface area contributed by atoms with Gasteiger partial charge in [-0.05, 0) is 44.0 Å². The SMILES string of the molecule is C[C@@H]1CN(C(=O)N2CCC(C(=O)Nc3ccccc3Cl)CC2)c2ccccc2O1. The third-order valence-corrected chi connectivity index (χ3v) is 5.75. The van der Waals surface area contributed by atoms with Gasteiger partial charge in [0, 0.05) is 19.0 Å². The Kier molecular flexibility index (Phi) is 5.62. The van der Waals surface area contributed by atoms with Crippen molar-refractivity contribution in [1.82, 2.24) is 4.90 Å². The second-order valence-corrected chi connectivity index (χ2v) is 7.93. The highest BCUT2D eigenvalue weighted by Crippen LogP contribution is 2.34. The van der Waals surface area contributed by atoms with Crippen molar-refractivity contribution in [3.05, 3.63) is 53.6 Å². The molecule has 7 heteroatoms. The zero-order valence-corrected chi connectivity index (χ0v) is 17.1. The quantitative estimate of drug-likeness (QED) is 0.793. The molecule has 0 radical (unpaired) electrons. The lowest BCUT2D eigenvalue weighted by Gasteiger charge is -2.39. The van der Waals surface area contributed by atoms with Crippen LogP contribution in [0.4, 0.5) is 16.2 Å². The first-order valence-electron chi connectivity index (χ1n) is 9.90. The first-order valence-corrected chi connectivity index (χ1v) is 10.3. The molecule has 2 aromatic carbocycles. The lowest BCUT2D eigenvalue weighted by molar-refractivity contribution is -0.121. The summed E-state index contributed by atoms with van der Waals surface area (Å²) in [6, 6.07) is 14.8. The van der Waals surface area contributed by atoms with Crippen LogP contribution < -0.4 is 15.0 Å². The van der Waals surface area contributed by atoms with E-state index in [1.54, 1.807) is 17.0 Å². The summed E-state index contributed by atoms with van der Waals surface area (Å²) in [5, 5.41) is 3.43. The summed E-state index contributed by atoms with van der Waals surface area (Å²) in [5.41, 5.74) is 1.42. The highest BCUT2D eigenvalue weighted by Gasteiger charge is 2.33. The van der Waals surface area contributed by atoms with Crippen LogP contribution in [0.3, 0.4) is 0 Å². The first-order chi connectivity index (χ1) is 14.0. The zero-order valence-electron chi connectivity index (χ0n) is 16.3. The predicted molar refractivity (Wildman–Crippen MR) is 114 cm³/mol. The Morgan fingerprint density at radius 3 is 2.52 bits per heavy atom. The molecule has 6 nitrogen and oxygen atoms in total. The van der Waals surface area contributed by atoms with E-state index < -0.39 is 0 Å². The average molecular weight is 414 g/mol. The molecule has 3 amide bonds. The first kappa shape index (κ1) is 19.6. The molecule has 0 bridgehead atoms. The van der Waals surface area contributed by atoms with Gasteiger partial charge in [-0.15, -0.1) is 0 Å². The third kappa shape index (κ3) is 4.17. The van der Waals surface area contributed by atoms with E-state index in [9.17, 15) is 9.59 Å². The summed E-state index contributed by atoms with van der Waals surface area (Å²) >= 11 is 6.13. The molecule has 2 aliphatic heterocycles. The van der Waals surface area contributed by atoms with E-state index in [1.165, 1.54) is 0 Å². The van der Waals surface area contributed by atoms with Crippen LogP contribution in [-0.4, -0.2) is 42.6 Å². The molecule has 0 aromatic heterocycles. The van der Waals surface area contributed by atoms with Crippen molar-refractivity contribution in [2.45, 2.75) is 25.9 Å². The van der Waals surface area contributed by atoms with Crippen molar-refractivity contribution >= 4 is 34.9 Å². The molecule has 1 atom stereocenters. The maximum absolute atomic E-state index is 13.2. The molecule has 0 saturated carbocycles. The monoisotopic (exact) mass is 413 g/mol. The Morgan fingerprint density at radius 1 is 1.07 bits per heavy atom. The van der Waals surface area contributed by atoms with Crippen molar-refractivity contribution < 1.29 is 14.3 Å². The maximum atomic E-state index is 13.2. The van der Waals surface area contributed by atoms with Crippen LogP contribution in [0.15, 0.2) is 48.5 Å². The number of nitrogens with zero attached hydrogens (tertiary/aromatic N) is 2. The van der Waals surface area contributed by atoms with Crippen molar-refractivity contribution in [2.24, 2.45) is 5.92 Å². The molecule has 152 valence electrons. The van der Waals surface area contributed by atoms with Crippen molar-refractivity contribution in [1.29, 1.82) is 0 Å². The number of carbonyl (C=O) groups is 2. The number of carbonyl (C=O) groups excluding carboxylic acids is 2. The normalized spacial score (nSPS) is 19.3. The van der Waals surface area contributed by atoms with E-state index in [-0.39, 0.29) is 24.0 Å². The van der Waals surface area contributed by atoms with Crippen LogP contribution in [0.25, 0.3) is 0 Å². The molecule has 0 aliphatic carbocycles. The topological polar surface area (TPSA) is 61.9 Å². The largest absolute Gasteiger partial charge is 0.487 e. The van der Waals surface area contributed by atoms with E-state index in [2.05, 4.69) is 5.32 Å².